The molecule has 1 saturated carbocycles. The lowest BCUT2D eigenvalue weighted by Crippen LogP contribution is -2.54. The van der Waals surface area contributed by atoms with Gasteiger partial charge in [0, 0.05) is 57.2 Å². The van der Waals surface area contributed by atoms with Gasteiger partial charge in [0.15, 0.2) is 6.10 Å². The second-order valence-corrected chi connectivity index (χ2v) is 11.2. The highest BCUT2D eigenvalue weighted by Crippen LogP contribution is 2.36. The SMILES string of the molecule is COCCCCN1C=C(CN(C(=O)[C@H]2CN(C(=O)OC(C)(C)C)CCO2)C2CC2)C2C=CC(C)=NC21. The molecule has 2 fully saturated rings. The first-order chi connectivity index (χ1) is 17.2. The van der Waals surface area contributed by atoms with Crippen molar-refractivity contribution in [2.24, 2.45) is 10.9 Å². The van der Waals surface area contributed by atoms with Crippen LogP contribution in [0, 0.1) is 5.92 Å². The minimum absolute atomic E-state index is 0.0405. The molecule has 2 unspecified atom stereocenters. The summed E-state index contributed by atoms with van der Waals surface area (Å²) in [7, 11) is 1.73. The third-order valence-electron chi connectivity index (χ3n) is 6.93. The Labute approximate surface area is 215 Å². The molecule has 0 radical (unpaired) electrons. The summed E-state index contributed by atoms with van der Waals surface area (Å²) >= 11 is 0. The van der Waals surface area contributed by atoms with Gasteiger partial charge in [0.1, 0.15) is 11.8 Å². The lowest BCUT2D eigenvalue weighted by molar-refractivity contribution is -0.149. The van der Waals surface area contributed by atoms with E-state index in [9.17, 15) is 9.59 Å². The second-order valence-electron chi connectivity index (χ2n) is 11.2. The molecule has 9 nitrogen and oxygen atoms in total. The van der Waals surface area contributed by atoms with Crippen LogP contribution in [0.2, 0.25) is 0 Å². The number of methoxy groups -OCH3 is 1. The number of dihydropyridines is 1. The maximum Gasteiger partial charge on any atom is 0.410 e. The van der Waals surface area contributed by atoms with Crippen LogP contribution in [0.25, 0.3) is 0 Å². The Morgan fingerprint density at radius 3 is 2.72 bits per heavy atom. The lowest BCUT2D eigenvalue weighted by atomic mass is 9.95. The maximum atomic E-state index is 13.7. The number of nitrogens with zero attached hydrogens (tertiary/aromatic N) is 4. The smallest absolute Gasteiger partial charge is 0.410 e. The van der Waals surface area contributed by atoms with E-state index in [1.807, 2.05) is 32.6 Å². The first-order valence-electron chi connectivity index (χ1n) is 13.2. The van der Waals surface area contributed by atoms with E-state index < -0.39 is 17.8 Å². The first-order valence-corrected chi connectivity index (χ1v) is 13.2. The number of aliphatic imine (C=N–C) groups is 1. The van der Waals surface area contributed by atoms with E-state index in [0.29, 0.717) is 19.7 Å². The molecule has 1 aliphatic carbocycles. The van der Waals surface area contributed by atoms with Crippen LogP contribution in [-0.2, 0) is 19.0 Å². The number of amides is 2. The van der Waals surface area contributed by atoms with Crippen molar-refractivity contribution < 1.29 is 23.8 Å². The number of carbonyl (C=O) groups is 2. The fourth-order valence-corrected chi connectivity index (χ4v) is 4.97. The summed E-state index contributed by atoms with van der Waals surface area (Å²) in [6, 6.07) is 0.228. The van der Waals surface area contributed by atoms with Crippen molar-refractivity contribution >= 4 is 17.7 Å². The van der Waals surface area contributed by atoms with Gasteiger partial charge >= 0.3 is 6.09 Å². The van der Waals surface area contributed by atoms with Crippen LogP contribution in [-0.4, -0.2) is 103 Å². The van der Waals surface area contributed by atoms with Gasteiger partial charge in [0.2, 0.25) is 0 Å². The van der Waals surface area contributed by atoms with E-state index in [2.05, 4.69) is 23.3 Å². The molecule has 0 bridgehead atoms. The number of morpholine rings is 1. The van der Waals surface area contributed by atoms with Crippen molar-refractivity contribution in [1.82, 2.24) is 14.7 Å². The maximum absolute atomic E-state index is 13.7. The average molecular weight is 503 g/mol. The van der Waals surface area contributed by atoms with Gasteiger partial charge in [-0.1, -0.05) is 6.08 Å². The van der Waals surface area contributed by atoms with Crippen LogP contribution < -0.4 is 0 Å². The Morgan fingerprint density at radius 2 is 2.03 bits per heavy atom. The van der Waals surface area contributed by atoms with E-state index in [0.717, 1.165) is 44.5 Å². The Kier molecular flexibility index (Phi) is 8.40. The third-order valence-corrected chi connectivity index (χ3v) is 6.93. The summed E-state index contributed by atoms with van der Waals surface area (Å²) in [5.41, 5.74) is 1.66. The Hall–Kier alpha value is -2.39. The molecule has 0 spiro atoms. The number of hydrogen-bond acceptors (Lipinski definition) is 7. The molecule has 0 aromatic carbocycles. The van der Waals surface area contributed by atoms with Gasteiger partial charge in [0.05, 0.1) is 13.2 Å². The Morgan fingerprint density at radius 1 is 1.25 bits per heavy atom. The topological polar surface area (TPSA) is 83.9 Å². The van der Waals surface area contributed by atoms with Crippen LogP contribution >= 0.6 is 0 Å². The summed E-state index contributed by atoms with van der Waals surface area (Å²) in [5.74, 6) is 0.122. The summed E-state index contributed by atoms with van der Waals surface area (Å²) in [6.45, 7) is 10.8. The number of ether oxygens (including phenoxy) is 3. The number of hydrogen-bond donors (Lipinski definition) is 0. The highest BCUT2D eigenvalue weighted by molar-refractivity contribution is 5.93. The van der Waals surface area contributed by atoms with Crippen molar-refractivity contribution in [3.63, 3.8) is 0 Å². The first kappa shape index (κ1) is 26.7. The van der Waals surface area contributed by atoms with E-state index in [1.54, 1.807) is 12.0 Å². The van der Waals surface area contributed by atoms with Crippen molar-refractivity contribution in [3.05, 3.63) is 23.9 Å². The fraction of sp³-hybridized carbons (Fsp3) is 0.741. The van der Waals surface area contributed by atoms with Gasteiger partial charge in [0.25, 0.3) is 5.91 Å². The van der Waals surface area contributed by atoms with Crippen LogP contribution in [0.5, 0.6) is 0 Å². The average Bonchev–Trinajstić information content (AvgIpc) is 3.62. The van der Waals surface area contributed by atoms with E-state index in [1.165, 1.54) is 5.57 Å². The van der Waals surface area contributed by atoms with Crippen molar-refractivity contribution in [1.29, 1.82) is 0 Å². The quantitative estimate of drug-likeness (QED) is 0.450. The molecule has 4 aliphatic rings. The number of carbonyl (C=O) groups excluding carboxylic acids is 2. The van der Waals surface area contributed by atoms with Crippen LogP contribution in [0.15, 0.2) is 28.9 Å². The Balaban J connectivity index is 1.43. The minimum Gasteiger partial charge on any atom is -0.444 e. The van der Waals surface area contributed by atoms with Crippen molar-refractivity contribution in [2.45, 2.75) is 77.3 Å². The fourth-order valence-electron chi connectivity index (χ4n) is 4.97. The molecule has 2 amide bonds. The molecule has 0 aromatic rings. The largest absolute Gasteiger partial charge is 0.444 e. The van der Waals surface area contributed by atoms with Gasteiger partial charge < -0.3 is 28.9 Å². The molecule has 4 rings (SSSR count). The zero-order chi connectivity index (χ0) is 25.9. The molecule has 3 atom stereocenters. The third kappa shape index (κ3) is 6.68. The monoisotopic (exact) mass is 502 g/mol. The summed E-state index contributed by atoms with van der Waals surface area (Å²) in [5, 5.41) is 0. The molecule has 0 N–H and O–H groups in total. The molecule has 36 heavy (non-hydrogen) atoms. The summed E-state index contributed by atoms with van der Waals surface area (Å²) in [6.07, 6.45) is 9.55. The molecule has 200 valence electrons. The molecule has 1 saturated heterocycles. The zero-order valence-electron chi connectivity index (χ0n) is 22.4. The predicted molar refractivity (Wildman–Crippen MR) is 138 cm³/mol. The standard InChI is InChI=1S/C27H42N4O5/c1-19-8-11-22-20(16-29(24(22)28-19)12-6-7-14-34-5)17-31(21-9-10-21)25(32)23-18-30(13-15-35-23)26(33)36-27(2,3)4/h8,11,16,21-24H,6-7,9-10,12-15,17-18H2,1-5H3/t22?,23-,24?/m1/s1. The van der Waals surface area contributed by atoms with Crippen LogP contribution in [0.4, 0.5) is 4.79 Å². The van der Waals surface area contributed by atoms with Gasteiger partial charge in [-0.2, -0.15) is 0 Å². The van der Waals surface area contributed by atoms with Gasteiger partial charge in [-0.25, -0.2) is 4.79 Å². The van der Waals surface area contributed by atoms with Crippen LogP contribution in [0.1, 0.15) is 53.4 Å². The van der Waals surface area contributed by atoms with Gasteiger partial charge in [-0.3, -0.25) is 9.79 Å². The van der Waals surface area contributed by atoms with Crippen molar-refractivity contribution in [3.8, 4) is 0 Å². The Bertz CT molecular complexity index is 904. The lowest BCUT2D eigenvalue weighted by Gasteiger charge is -2.36. The van der Waals surface area contributed by atoms with Crippen LogP contribution in [0.3, 0.4) is 0 Å². The van der Waals surface area contributed by atoms with E-state index in [4.69, 9.17) is 19.2 Å². The number of rotatable bonds is 9. The predicted octanol–water partition coefficient (Wildman–Crippen LogP) is 3.21. The highest BCUT2D eigenvalue weighted by Gasteiger charge is 2.42. The molecular weight excluding hydrogens is 460 g/mol. The summed E-state index contributed by atoms with van der Waals surface area (Å²) in [4.78, 5) is 37.1. The number of unbranched alkanes of at least 4 members (excludes halogenated alkanes) is 1. The number of allylic oxidation sites excluding steroid dienone is 1. The molecule has 3 aliphatic heterocycles. The second kappa shape index (κ2) is 11.3. The van der Waals surface area contributed by atoms with Gasteiger partial charge in [-0.05, 0) is 65.0 Å². The zero-order valence-corrected chi connectivity index (χ0v) is 22.4. The van der Waals surface area contributed by atoms with Crippen molar-refractivity contribution in [2.75, 3.05) is 46.5 Å². The normalized spacial score (nSPS) is 25.9. The van der Waals surface area contributed by atoms with Gasteiger partial charge in [-0.15, -0.1) is 0 Å². The molecule has 0 aromatic heterocycles. The molecule has 9 heteroatoms. The minimum atomic E-state index is -0.669. The highest BCUT2D eigenvalue weighted by atomic mass is 16.6. The van der Waals surface area contributed by atoms with E-state index in [-0.39, 0.29) is 30.6 Å². The molecular formula is C27H42N4O5. The van der Waals surface area contributed by atoms with E-state index >= 15 is 0 Å². The molecule has 3 heterocycles. The number of fused-ring (bicyclic) bond motifs is 1. The summed E-state index contributed by atoms with van der Waals surface area (Å²) < 4.78 is 16.6.